The molecule has 1 saturated heterocycles. The summed E-state index contributed by atoms with van der Waals surface area (Å²) in [6.07, 6.45) is 6.44. The van der Waals surface area contributed by atoms with Crippen molar-refractivity contribution in [2.75, 3.05) is 31.6 Å². The van der Waals surface area contributed by atoms with Crippen LogP contribution in [0, 0.1) is 6.92 Å². The lowest BCUT2D eigenvalue weighted by Crippen LogP contribution is -2.46. The topological polar surface area (TPSA) is 63.2 Å². The van der Waals surface area contributed by atoms with Crippen LogP contribution in [-0.2, 0) is 4.74 Å². The summed E-state index contributed by atoms with van der Waals surface area (Å²) < 4.78 is 5.90. The standard InChI is InChI=1S/C18H23N5O/c1-13-10-17(22-18(21-13)14-4-6-19-7-5-14)20-11-16-12-23(8-9-24-16)15-2-3-15/h4-7,10,15-16H,2-3,8-9,11-12H2,1H3,(H,20,21,22)/t16-/m1/s1. The van der Waals surface area contributed by atoms with Gasteiger partial charge in [0, 0.05) is 55.4 Å². The van der Waals surface area contributed by atoms with Crippen LogP contribution >= 0.6 is 0 Å². The van der Waals surface area contributed by atoms with Crippen LogP contribution in [0.1, 0.15) is 18.5 Å². The lowest BCUT2D eigenvalue weighted by molar-refractivity contribution is -0.0241. The number of hydrogen-bond donors (Lipinski definition) is 1. The van der Waals surface area contributed by atoms with Crippen LogP contribution in [0.15, 0.2) is 30.6 Å². The van der Waals surface area contributed by atoms with Crippen LogP contribution in [0.4, 0.5) is 5.82 Å². The molecule has 2 aromatic heterocycles. The number of aryl methyl sites for hydroxylation is 1. The third-order valence-electron chi connectivity index (χ3n) is 4.54. The first-order chi connectivity index (χ1) is 11.8. The van der Waals surface area contributed by atoms with Crippen molar-refractivity contribution in [3.8, 4) is 11.4 Å². The van der Waals surface area contributed by atoms with E-state index in [0.717, 1.165) is 55.2 Å². The fourth-order valence-electron chi connectivity index (χ4n) is 3.14. The van der Waals surface area contributed by atoms with Gasteiger partial charge in [0.15, 0.2) is 5.82 Å². The Morgan fingerprint density at radius 2 is 2.08 bits per heavy atom. The molecule has 1 saturated carbocycles. The minimum absolute atomic E-state index is 0.221. The number of aromatic nitrogens is 3. The van der Waals surface area contributed by atoms with Crippen molar-refractivity contribution < 1.29 is 4.74 Å². The summed E-state index contributed by atoms with van der Waals surface area (Å²) in [6, 6.07) is 6.63. The maximum Gasteiger partial charge on any atom is 0.161 e. The van der Waals surface area contributed by atoms with Crippen LogP contribution in [-0.4, -0.2) is 58.2 Å². The molecule has 0 aromatic carbocycles. The zero-order chi connectivity index (χ0) is 16.4. The Balaban J connectivity index is 1.42. The second-order valence-corrected chi connectivity index (χ2v) is 6.55. The monoisotopic (exact) mass is 325 g/mol. The summed E-state index contributed by atoms with van der Waals surface area (Å²) >= 11 is 0. The molecule has 6 heteroatoms. The van der Waals surface area contributed by atoms with E-state index in [9.17, 15) is 0 Å². The van der Waals surface area contributed by atoms with E-state index in [1.54, 1.807) is 12.4 Å². The Hall–Kier alpha value is -2.05. The van der Waals surface area contributed by atoms with Gasteiger partial charge in [0.1, 0.15) is 5.82 Å². The van der Waals surface area contributed by atoms with Gasteiger partial charge in [-0.1, -0.05) is 0 Å². The molecule has 0 bridgehead atoms. The van der Waals surface area contributed by atoms with Crippen molar-refractivity contribution in [2.24, 2.45) is 0 Å². The third kappa shape index (κ3) is 3.71. The molecule has 126 valence electrons. The molecule has 1 atom stereocenters. The second kappa shape index (κ2) is 6.83. The molecule has 1 N–H and O–H groups in total. The molecular weight excluding hydrogens is 302 g/mol. The fraction of sp³-hybridized carbons (Fsp3) is 0.500. The molecule has 2 aromatic rings. The van der Waals surface area contributed by atoms with Crippen LogP contribution < -0.4 is 5.32 Å². The van der Waals surface area contributed by atoms with Crippen molar-refractivity contribution in [2.45, 2.75) is 31.9 Å². The predicted octanol–water partition coefficient (Wildman–Crippen LogP) is 2.12. The summed E-state index contributed by atoms with van der Waals surface area (Å²) in [5.41, 5.74) is 1.93. The maximum absolute atomic E-state index is 5.90. The largest absolute Gasteiger partial charge is 0.374 e. The van der Waals surface area contributed by atoms with Gasteiger partial charge in [0.05, 0.1) is 12.7 Å². The first-order valence-corrected chi connectivity index (χ1v) is 8.63. The Kier molecular flexibility index (Phi) is 4.40. The normalized spacial score (nSPS) is 21.6. The van der Waals surface area contributed by atoms with Gasteiger partial charge in [-0.15, -0.1) is 0 Å². The van der Waals surface area contributed by atoms with E-state index in [0.29, 0.717) is 0 Å². The Morgan fingerprint density at radius 3 is 2.88 bits per heavy atom. The number of morpholine rings is 1. The molecule has 2 fully saturated rings. The molecule has 0 spiro atoms. The molecule has 2 aliphatic rings. The molecule has 0 amide bonds. The lowest BCUT2D eigenvalue weighted by atomic mass is 10.2. The van der Waals surface area contributed by atoms with E-state index in [4.69, 9.17) is 4.74 Å². The highest BCUT2D eigenvalue weighted by atomic mass is 16.5. The van der Waals surface area contributed by atoms with Crippen LogP contribution in [0.25, 0.3) is 11.4 Å². The highest BCUT2D eigenvalue weighted by Gasteiger charge is 2.32. The van der Waals surface area contributed by atoms with E-state index in [2.05, 4.69) is 25.2 Å². The number of pyridine rings is 1. The maximum atomic E-state index is 5.90. The minimum atomic E-state index is 0.221. The summed E-state index contributed by atoms with van der Waals surface area (Å²) in [5, 5.41) is 3.43. The molecule has 4 rings (SSSR count). The molecule has 24 heavy (non-hydrogen) atoms. The van der Waals surface area contributed by atoms with E-state index in [1.807, 2.05) is 25.1 Å². The van der Waals surface area contributed by atoms with Crippen molar-refractivity contribution in [3.05, 3.63) is 36.3 Å². The summed E-state index contributed by atoms with van der Waals surface area (Å²) in [6.45, 7) is 5.67. The zero-order valence-corrected chi connectivity index (χ0v) is 14.0. The molecule has 6 nitrogen and oxygen atoms in total. The minimum Gasteiger partial charge on any atom is -0.374 e. The molecule has 1 aliphatic carbocycles. The molecule has 0 radical (unpaired) electrons. The van der Waals surface area contributed by atoms with Crippen LogP contribution in [0.5, 0.6) is 0 Å². The number of nitrogens with zero attached hydrogens (tertiary/aromatic N) is 4. The number of hydrogen-bond acceptors (Lipinski definition) is 6. The Labute approximate surface area is 142 Å². The first kappa shape index (κ1) is 15.5. The van der Waals surface area contributed by atoms with Gasteiger partial charge in [0.25, 0.3) is 0 Å². The average molecular weight is 325 g/mol. The summed E-state index contributed by atoms with van der Waals surface area (Å²) in [7, 11) is 0. The van der Waals surface area contributed by atoms with Gasteiger partial charge in [-0.2, -0.15) is 0 Å². The zero-order valence-electron chi connectivity index (χ0n) is 14.0. The van der Waals surface area contributed by atoms with E-state index >= 15 is 0 Å². The smallest absolute Gasteiger partial charge is 0.161 e. The molecular formula is C18H23N5O. The third-order valence-corrected chi connectivity index (χ3v) is 4.54. The first-order valence-electron chi connectivity index (χ1n) is 8.63. The SMILES string of the molecule is Cc1cc(NC[C@@H]2CN(C3CC3)CCO2)nc(-c2ccncc2)n1. The van der Waals surface area contributed by atoms with Crippen LogP contribution in [0.2, 0.25) is 0 Å². The highest BCUT2D eigenvalue weighted by Crippen LogP contribution is 2.28. The molecule has 1 aliphatic heterocycles. The lowest BCUT2D eigenvalue weighted by Gasteiger charge is -2.33. The predicted molar refractivity (Wildman–Crippen MR) is 92.8 cm³/mol. The average Bonchev–Trinajstić information content (AvgIpc) is 3.46. The van der Waals surface area contributed by atoms with Gasteiger partial charge in [-0.3, -0.25) is 9.88 Å². The van der Waals surface area contributed by atoms with Crippen molar-refractivity contribution in [3.63, 3.8) is 0 Å². The van der Waals surface area contributed by atoms with Crippen LogP contribution in [0.3, 0.4) is 0 Å². The number of ether oxygens (including phenoxy) is 1. The highest BCUT2D eigenvalue weighted by molar-refractivity contribution is 5.56. The Morgan fingerprint density at radius 1 is 1.25 bits per heavy atom. The fourth-order valence-corrected chi connectivity index (χ4v) is 3.14. The van der Waals surface area contributed by atoms with Crippen molar-refractivity contribution >= 4 is 5.82 Å². The molecule has 0 unspecified atom stereocenters. The van der Waals surface area contributed by atoms with Gasteiger partial charge in [0.2, 0.25) is 0 Å². The number of nitrogens with one attached hydrogen (secondary N) is 1. The summed E-state index contributed by atoms with van der Waals surface area (Å²) in [5.74, 6) is 1.57. The van der Waals surface area contributed by atoms with Crippen molar-refractivity contribution in [1.82, 2.24) is 19.9 Å². The van der Waals surface area contributed by atoms with E-state index in [1.165, 1.54) is 12.8 Å². The van der Waals surface area contributed by atoms with E-state index < -0.39 is 0 Å². The quantitative estimate of drug-likeness (QED) is 0.908. The van der Waals surface area contributed by atoms with Gasteiger partial charge >= 0.3 is 0 Å². The van der Waals surface area contributed by atoms with E-state index in [-0.39, 0.29) is 6.10 Å². The van der Waals surface area contributed by atoms with Crippen molar-refractivity contribution in [1.29, 1.82) is 0 Å². The Bertz CT molecular complexity index is 689. The second-order valence-electron chi connectivity index (χ2n) is 6.55. The van der Waals surface area contributed by atoms with Gasteiger partial charge < -0.3 is 10.1 Å². The summed E-state index contributed by atoms with van der Waals surface area (Å²) in [4.78, 5) is 15.8. The molecule has 3 heterocycles. The van der Waals surface area contributed by atoms with Gasteiger partial charge in [-0.05, 0) is 31.9 Å². The number of rotatable bonds is 5. The number of anilines is 1. The van der Waals surface area contributed by atoms with Gasteiger partial charge in [-0.25, -0.2) is 9.97 Å².